The van der Waals surface area contributed by atoms with Crippen LogP contribution in [0.5, 0.6) is 11.6 Å². The maximum absolute atomic E-state index is 13.7. The molecule has 1 fully saturated rings. The van der Waals surface area contributed by atoms with Crippen LogP contribution in [0.25, 0.3) is 5.57 Å². The third kappa shape index (κ3) is 5.04. The average Bonchev–Trinajstić information content (AvgIpc) is 2.83. The summed E-state index contributed by atoms with van der Waals surface area (Å²) in [6.45, 7) is 3.93. The number of alkyl halides is 3. The largest absolute Gasteiger partial charge is 0.437 e. The molecule has 0 aliphatic carbocycles. The van der Waals surface area contributed by atoms with E-state index in [2.05, 4.69) is 22.1 Å². The highest BCUT2D eigenvalue weighted by Gasteiger charge is 2.36. The molecule has 9 heteroatoms. The van der Waals surface area contributed by atoms with Gasteiger partial charge in [0.1, 0.15) is 11.3 Å². The lowest BCUT2D eigenvalue weighted by molar-refractivity contribution is -0.138. The number of benzene rings is 1. The third-order valence-electron chi connectivity index (χ3n) is 6.59. The average molecular weight is 474 g/mol. The number of ether oxygens (including phenoxy) is 1. The second-order valence-corrected chi connectivity index (χ2v) is 8.78. The minimum atomic E-state index is -4.59. The fourth-order valence-electron chi connectivity index (χ4n) is 4.45. The molecule has 2 aliphatic rings. The van der Waals surface area contributed by atoms with Crippen molar-refractivity contribution in [2.75, 3.05) is 25.0 Å². The summed E-state index contributed by atoms with van der Waals surface area (Å²) in [4.78, 5) is 10.7. The van der Waals surface area contributed by atoms with E-state index in [0.29, 0.717) is 29.3 Å². The Morgan fingerprint density at radius 2 is 2.00 bits per heavy atom. The van der Waals surface area contributed by atoms with Crippen LogP contribution < -0.4 is 20.7 Å². The molecule has 2 aromatic rings. The van der Waals surface area contributed by atoms with Crippen LogP contribution in [-0.2, 0) is 12.6 Å². The highest BCUT2D eigenvalue weighted by Crippen LogP contribution is 2.44. The van der Waals surface area contributed by atoms with Gasteiger partial charge in [-0.25, -0.2) is 4.98 Å². The van der Waals surface area contributed by atoms with Gasteiger partial charge in [-0.3, -0.25) is 4.99 Å². The first-order valence-corrected chi connectivity index (χ1v) is 11.5. The Hall–Kier alpha value is -3.07. The van der Waals surface area contributed by atoms with Crippen molar-refractivity contribution < 1.29 is 17.9 Å². The molecule has 0 bridgehead atoms. The molecular weight excluding hydrogens is 443 g/mol. The first kappa shape index (κ1) is 24.1. The van der Waals surface area contributed by atoms with Gasteiger partial charge in [0.15, 0.2) is 0 Å². The van der Waals surface area contributed by atoms with Gasteiger partial charge in [0.05, 0.1) is 6.04 Å². The van der Waals surface area contributed by atoms with Crippen LogP contribution in [0.1, 0.15) is 42.9 Å². The topological polar surface area (TPSA) is 75.8 Å². The molecule has 3 N–H and O–H groups in total. The molecule has 3 heterocycles. The monoisotopic (exact) mass is 473 g/mol. The van der Waals surface area contributed by atoms with Gasteiger partial charge in [-0.15, -0.1) is 0 Å². The zero-order chi connectivity index (χ0) is 24.3. The number of hydrogen-bond donors (Lipinski definition) is 2. The van der Waals surface area contributed by atoms with Crippen LogP contribution in [-0.4, -0.2) is 43.4 Å². The van der Waals surface area contributed by atoms with Crippen molar-refractivity contribution in [1.29, 1.82) is 0 Å². The Labute approximate surface area is 197 Å². The Bertz CT molecular complexity index is 1080. The number of aromatic nitrogens is 1. The number of fused-ring (bicyclic) bond motifs is 1. The van der Waals surface area contributed by atoms with E-state index in [-0.39, 0.29) is 6.04 Å². The van der Waals surface area contributed by atoms with E-state index in [9.17, 15) is 13.2 Å². The Balaban J connectivity index is 1.79. The molecule has 1 aromatic heterocycles. The van der Waals surface area contributed by atoms with Crippen molar-refractivity contribution >= 4 is 17.5 Å². The Morgan fingerprint density at radius 3 is 2.71 bits per heavy atom. The molecule has 0 saturated carbocycles. The molecule has 34 heavy (non-hydrogen) atoms. The zero-order valence-electron chi connectivity index (χ0n) is 19.4. The smallest absolute Gasteiger partial charge is 0.421 e. The molecule has 1 aromatic carbocycles. The molecule has 0 radical (unpaired) electrons. The van der Waals surface area contributed by atoms with Crippen molar-refractivity contribution in [2.45, 2.75) is 50.9 Å². The maximum atomic E-state index is 13.7. The van der Waals surface area contributed by atoms with Gasteiger partial charge in [0.25, 0.3) is 0 Å². The number of anilines is 1. The summed E-state index contributed by atoms with van der Waals surface area (Å²) in [7, 11) is 1.98. The number of allylic oxidation sites excluding steroid dienone is 1. The number of hydrogen-bond acceptors (Lipinski definition) is 6. The van der Waals surface area contributed by atoms with Gasteiger partial charge in [-0.1, -0.05) is 0 Å². The molecule has 1 unspecified atom stereocenters. The summed E-state index contributed by atoms with van der Waals surface area (Å²) >= 11 is 0. The number of halogens is 3. The summed E-state index contributed by atoms with van der Waals surface area (Å²) in [5.74, 6) is -0.133. The van der Waals surface area contributed by atoms with Gasteiger partial charge in [0.2, 0.25) is 5.88 Å². The number of nitrogens with two attached hydrogens (primary N) is 1. The second-order valence-electron chi connectivity index (χ2n) is 8.78. The van der Waals surface area contributed by atoms with E-state index in [4.69, 9.17) is 15.5 Å². The fraction of sp³-hybridized carbons (Fsp3) is 0.440. The van der Waals surface area contributed by atoms with Crippen LogP contribution in [0.15, 0.2) is 41.7 Å². The predicted octanol–water partition coefficient (Wildman–Crippen LogP) is 4.79. The van der Waals surface area contributed by atoms with E-state index in [1.807, 2.05) is 19.2 Å². The van der Waals surface area contributed by atoms with Gasteiger partial charge in [-0.2, -0.15) is 13.2 Å². The molecule has 6 nitrogen and oxygen atoms in total. The number of nitrogens with one attached hydrogen (secondary N) is 1. The molecule has 0 spiro atoms. The van der Waals surface area contributed by atoms with E-state index in [0.717, 1.165) is 49.7 Å². The summed E-state index contributed by atoms with van der Waals surface area (Å²) < 4.78 is 47.0. The lowest BCUT2D eigenvalue weighted by Gasteiger charge is -2.35. The highest BCUT2D eigenvalue weighted by molar-refractivity contribution is 6.11. The quantitative estimate of drug-likeness (QED) is 0.611. The van der Waals surface area contributed by atoms with Gasteiger partial charge < -0.3 is 20.7 Å². The van der Waals surface area contributed by atoms with Gasteiger partial charge in [-0.05, 0) is 70.0 Å². The van der Waals surface area contributed by atoms with Crippen molar-refractivity contribution in [3.63, 3.8) is 0 Å². The number of piperidine rings is 1. The van der Waals surface area contributed by atoms with Crippen LogP contribution in [0, 0.1) is 0 Å². The van der Waals surface area contributed by atoms with Crippen molar-refractivity contribution in [1.82, 2.24) is 10.3 Å². The second kappa shape index (κ2) is 10.0. The van der Waals surface area contributed by atoms with Crippen LogP contribution >= 0.6 is 0 Å². The van der Waals surface area contributed by atoms with Gasteiger partial charge in [0, 0.05) is 54.1 Å². The number of rotatable bonds is 5. The first-order chi connectivity index (χ1) is 16.3. The van der Waals surface area contributed by atoms with Crippen LogP contribution in [0.4, 0.5) is 18.9 Å². The summed E-state index contributed by atoms with van der Waals surface area (Å²) in [5.41, 5.74) is 8.02. The maximum Gasteiger partial charge on any atom is 0.421 e. The zero-order valence-corrected chi connectivity index (χ0v) is 19.4. The molecule has 1 atom stereocenters. The van der Waals surface area contributed by atoms with Gasteiger partial charge >= 0.3 is 6.18 Å². The summed E-state index contributed by atoms with van der Waals surface area (Å²) in [6.07, 6.45) is 3.21. The van der Waals surface area contributed by atoms with Crippen molar-refractivity contribution in [2.24, 2.45) is 10.7 Å². The SMILES string of the molecule is CC1CCc2c(ccc(C(C=NC3CCNCC3)=CN)c2Oc2ncccc2C(F)(F)F)N1C. The molecular formula is C25H30F3N5O. The summed E-state index contributed by atoms with van der Waals surface area (Å²) in [5, 5.41) is 3.31. The molecule has 0 amide bonds. The normalized spacial score (nSPS) is 20.0. The molecule has 2 aliphatic heterocycles. The molecule has 1 saturated heterocycles. The lowest BCUT2D eigenvalue weighted by atomic mass is 9.92. The molecule has 4 rings (SSSR count). The minimum Gasteiger partial charge on any atom is -0.437 e. The van der Waals surface area contributed by atoms with E-state index < -0.39 is 17.6 Å². The first-order valence-electron chi connectivity index (χ1n) is 11.5. The van der Waals surface area contributed by atoms with Crippen molar-refractivity contribution in [3.8, 4) is 11.6 Å². The van der Waals surface area contributed by atoms with Crippen LogP contribution in [0.3, 0.4) is 0 Å². The number of aliphatic imine (C=N–C) groups is 1. The van der Waals surface area contributed by atoms with E-state index in [1.54, 1.807) is 6.21 Å². The standard InChI is InChI=1S/C25H30F3N5O/c1-16-5-6-20-22(33(16)2)8-7-19(17(14-29)15-32-18-9-12-30-13-10-18)23(20)34-24-21(25(26,27)28)4-3-11-31-24/h3-4,7-8,11,14-16,18,30H,5-6,9-10,12-13,29H2,1-2H3. The van der Waals surface area contributed by atoms with E-state index >= 15 is 0 Å². The molecule has 182 valence electrons. The minimum absolute atomic E-state index is 0.179. The third-order valence-corrected chi connectivity index (χ3v) is 6.59. The van der Waals surface area contributed by atoms with E-state index in [1.165, 1.54) is 18.5 Å². The lowest BCUT2D eigenvalue weighted by Crippen LogP contribution is -2.33. The Morgan fingerprint density at radius 1 is 1.24 bits per heavy atom. The number of pyridine rings is 1. The van der Waals surface area contributed by atoms with Crippen LogP contribution in [0.2, 0.25) is 0 Å². The predicted molar refractivity (Wildman–Crippen MR) is 128 cm³/mol. The van der Waals surface area contributed by atoms with Crippen molar-refractivity contribution in [3.05, 3.63) is 53.4 Å². The highest BCUT2D eigenvalue weighted by atomic mass is 19.4. The fourth-order valence-corrected chi connectivity index (χ4v) is 4.45. The Kier molecular flexibility index (Phi) is 7.11. The summed E-state index contributed by atoms with van der Waals surface area (Å²) in [6, 6.07) is 6.52. The number of nitrogens with zero attached hydrogens (tertiary/aromatic N) is 3.